The molecule has 1 heterocycles. The zero-order valence-electron chi connectivity index (χ0n) is 17.0. The number of ether oxygens (including phenoxy) is 1. The normalized spacial score (nSPS) is 18.4. The lowest BCUT2D eigenvalue weighted by Gasteiger charge is -2.41. The van der Waals surface area contributed by atoms with Crippen LogP contribution in [0.25, 0.3) is 0 Å². The van der Waals surface area contributed by atoms with Gasteiger partial charge in [-0.15, -0.1) is 0 Å². The monoisotopic (exact) mass is 385 g/mol. The van der Waals surface area contributed by atoms with E-state index in [4.69, 9.17) is 4.74 Å². The van der Waals surface area contributed by atoms with E-state index in [9.17, 15) is 9.50 Å². The third-order valence-corrected chi connectivity index (χ3v) is 5.95. The third-order valence-electron chi connectivity index (χ3n) is 5.95. The molecule has 0 aliphatic carbocycles. The number of hydrogen-bond acceptors (Lipinski definition) is 3. The van der Waals surface area contributed by atoms with Crippen LogP contribution in [0.4, 0.5) is 4.39 Å². The Kier molecular flexibility index (Phi) is 7.08. The standard InChI is InChI=1S/C24H32FNO2/c1-3-14-24(27,20-12-13-23(28-2)22(25)17-20)21(19-10-6-4-7-11-19)18-26-15-8-5-9-16-26/h4,6-7,10-13,17,21,27H,3,5,8-9,14-16,18H2,1-2H3/t21-,24+/m0/s1. The van der Waals surface area contributed by atoms with E-state index in [1.54, 1.807) is 6.07 Å². The molecule has 0 spiro atoms. The molecule has 0 bridgehead atoms. The van der Waals surface area contributed by atoms with Gasteiger partial charge in [0.05, 0.1) is 12.7 Å². The quantitative estimate of drug-likeness (QED) is 0.687. The molecule has 4 heteroatoms. The second-order valence-electron chi connectivity index (χ2n) is 7.85. The van der Waals surface area contributed by atoms with Gasteiger partial charge in [-0.2, -0.15) is 0 Å². The van der Waals surface area contributed by atoms with Gasteiger partial charge in [0.15, 0.2) is 11.6 Å². The summed E-state index contributed by atoms with van der Waals surface area (Å²) < 4.78 is 19.6. The minimum Gasteiger partial charge on any atom is -0.494 e. The third kappa shape index (κ3) is 4.56. The summed E-state index contributed by atoms with van der Waals surface area (Å²) in [5.41, 5.74) is 0.583. The zero-order chi connectivity index (χ0) is 20.0. The largest absolute Gasteiger partial charge is 0.494 e. The van der Waals surface area contributed by atoms with Crippen molar-refractivity contribution in [2.24, 2.45) is 0 Å². The predicted octanol–water partition coefficient (Wildman–Crippen LogP) is 5.09. The average molecular weight is 386 g/mol. The minimum absolute atomic E-state index is 0.125. The lowest BCUT2D eigenvalue weighted by molar-refractivity contribution is -0.0155. The first-order valence-corrected chi connectivity index (χ1v) is 10.4. The van der Waals surface area contributed by atoms with E-state index in [0.29, 0.717) is 12.0 Å². The first kappa shape index (κ1) is 20.8. The number of piperidine rings is 1. The maximum Gasteiger partial charge on any atom is 0.165 e. The molecule has 1 saturated heterocycles. The summed E-state index contributed by atoms with van der Waals surface area (Å²) in [6, 6.07) is 15.1. The molecule has 1 fully saturated rings. The van der Waals surface area contributed by atoms with E-state index in [-0.39, 0.29) is 11.7 Å². The van der Waals surface area contributed by atoms with Crippen molar-refractivity contribution in [3.63, 3.8) is 0 Å². The summed E-state index contributed by atoms with van der Waals surface area (Å²) in [6.45, 7) is 4.95. The van der Waals surface area contributed by atoms with Gasteiger partial charge in [0.1, 0.15) is 0 Å². The van der Waals surface area contributed by atoms with Crippen molar-refractivity contribution < 1.29 is 14.2 Å². The Balaban J connectivity index is 2.02. The highest BCUT2D eigenvalue weighted by molar-refractivity contribution is 5.36. The van der Waals surface area contributed by atoms with Crippen molar-refractivity contribution in [3.05, 3.63) is 65.5 Å². The first-order chi connectivity index (χ1) is 13.6. The highest BCUT2D eigenvalue weighted by Crippen LogP contribution is 2.42. The summed E-state index contributed by atoms with van der Waals surface area (Å²) in [7, 11) is 1.46. The fraction of sp³-hybridized carbons (Fsp3) is 0.500. The lowest BCUT2D eigenvalue weighted by atomic mass is 9.74. The van der Waals surface area contributed by atoms with Crippen LogP contribution in [-0.2, 0) is 5.60 Å². The van der Waals surface area contributed by atoms with Crippen LogP contribution in [0.5, 0.6) is 5.75 Å². The van der Waals surface area contributed by atoms with Crippen molar-refractivity contribution in [2.45, 2.75) is 50.5 Å². The Bertz CT molecular complexity index is 746. The zero-order valence-corrected chi connectivity index (χ0v) is 17.0. The number of hydrogen-bond donors (Lipinski definition) is 1. The van der Waals surface area contributed by atoms with Crippen molar-refractivity contribution in [2.75, 3.05) is 26.7 Å². The predicted molar refractivity (Wildman–Crippen MR) is 111 cm³/mol. The van der Waals surface area contributed by atoms with Crippen LogP contribution < -0.4 is 4.74 Å². The molecule has 0 saturated carbocycles. The Morgan fingerprint density at radius 3 is 2.43 bits per heavy atom. The van der Waals surface area contributed by atoms with Gasteiger partial charge in [0.25, 0.3) is 0 Å². The maximum absolute atomic E-state index is 14.5. The molecule has 0 radical (unpaired) electrons. The Labute approximate surface area is 168 Å². The first-order valence-electron chi connectivity index (χ1n) is 10.4. The minimum atomic E-state index is -1.14. The number of methoxy groups -OCH3 is 1. The second-order valence-corrected chi connectivity index (χ2v) is 7.85. The van der Waals surface area contributed by atoms with Crippen molar-refractivity contribution in [1.29, 1.82) is 0 Å². The molecule has 28 heavy (non-hydrogen) atoms. The highest BCUT2D eigenvalue weighted by atomic mass is 19.1. The van der Waals surface area contributed by atoms with E-state index in [1.165, 1.54) is 32.4 Å². The van der Waals surface area contributed by atoms with Crippen LogP contribution in [-0.4, -0.2) is 36.8 Å². The Morgan fingerprint density at radius 1 is 1.11 bits per heavy atom. The number of halogens is 1. The van der Waals surface area contributed by atoms with Gasteiger partial charge >= 0.3 is 0 Å². The fourth-order valence-electron chi connectivity index (χ4n) is 4.45. The number of likely N-dealkylation sites (tertiary alicyclic amines) is 1. The molecule has 2 atom stereocenters. The van der Waals surface area contributed by atoms with E-state index in [0.717, 1.165) is 31.6 Å². The van der Waals surface area contributed by atoms with E-state index < -0.39 is 11.4 Å². The molecule has 2 aromatic rings. The molecule has 0 unspecified atom stereocenters. The average Bonchev–Trinajstić information content (AvgIpc) is 2.73. The summed E-state index contributed by atoms with van der Waals surface area (Å²) in [5.74, 6) is -0.353. The summed E-state index contributed by atoms with van der Waals surface area (Å²) in [4.78, 5) is 2.45. The SMILES string of the molecule is CCC[C@@](O)(c1ccc(OC)c(F)c1)[C@@H](CN1CCCCC1)c1ccccc1. The van der Waals surface area contributed by atoms with Gasteiger partial charge in [-0.3, -0.25) is 0 Å². The van der Waals surface area contributed by atoms with Gasteiger partial charge in [-0.1, -0.05) is 56.2 Å². The smallest absolute Gasteiger partial charge is 0.165 e. The van der Waals surface area contributed by atoms with Crippen molar-refractivity contribution in [3.8, 4) is 5.75 Å². The van der Waals surface area contributed by atoms with Crippen molar-refractivity contribution >= 4 is 0 Å². The number of nitrogens with zero attached hydrogens (tertiary/aromatic N) is 1. The molecule has 0 amide bonds. The molecule has 1 aliphatic heterocycles. The Morgan fingerprint density at radius 2 is 1.82 bits per heavy atom. The van der Waals surface area contributed by atoms with Crippen LogP contribution in [0.2, 0.25) is 0 Å². The second kappa shape index (κ2) is 9.53. The number of benzene rings is 2. The van der Waals surface area contributed by atoms with Crippen LogP contribution in [0, 0.1) is 5.82 Å². The summed E-state index contributed by atoms with van der Waals surface area (Å²) in [5, 5.41) is 12.0. The van der Waals surface area contributed by atoms with Gasteiger partial charge in [0, 0.05) is 12.5 Å². The fourth-order valence-corrected chi connectivity index (χ4v) is 4.45. The molecule has 1 aliphatic rings. The topological polar surface area (TPSA) is 32.7 Å². The van der Waals surface area contributed by atoms with Crippen LogP contribution in [0.3, 0.4) is 0 Å². The van der Waals surface area contributed by atoms with E-state index >= 15 is 0 Å². The van der Waals surface area contributed by atoms with Gasteiger partial charge in [0.2, 0.25) is 0 Å². The van der Waals surface area contributed by atoms with E-state index in [2.05, 4.69) is 24.0 Å². The molecule has 3 nitrogen and oxygen atoms in total. The van der Waals surface area contributed by atoms with E-state index in [1.807, 2.05) is 24.3 Å². The van der Waals surface area contributed by atoms with Gasteiger partial charge < -0.3 is 14.7 Å². The summed E-state index contributed by atoms with van der Waals surface area (Å²) >= 11 is 0. The molecule has 1 N–H and O–H groups in total. The maximum atomic E-state index is 14.5. The summed E-state index contributed by atoms with van der Waals surface area (Å²) in [6.07, 6.45) is 5.06. The van der Waals surface area contributed by atoms with Crippen molar-refractivity contribution in [1.82, 2.24) is 4.90 Å². The van der Waals surface area contributed by atoms with Gasteiger partial charge in [-0.25, -0.2) is 4.39 Å². The van der Waals surface area contributed by atoms with Crippen LogP contribution in [0.1, 0.15) is 56.1 Å². The molecule has 3 rings (SSSR count). The molecular weight excluding hydrogens is 353 g/mol. The Hall–Kier alpha value is -1.91. The van der Waals surface area contributed by atoms with Crippen LogP contribution in [0.15, 0.2) is 48.5 Å². The van der Waals surface area contributed by atoms with Gasteiger partial charge in [-0.05, 0) is 55.6 Å². The number of rotatable bonds is 8. The molecule has 2 aromatic carbocycles. The molecule has 0 aromatic heterocycles. The van der Waals surface area contributed by atoms with Crippen LogP contribution >= 0.6 is 0 Å². The lowest BCUT2D eigenvalue weighted by Crippen LogP contribution is -2.42. The molecule has 152 valence electrons. The molecular formula is C24H32FNO2. The number of aliphatic hydroxyl groups is 1. The highest BCUT2D eigenvalue weighted by Gasteiger charge is 2.40.